The lowest BCUT2D eigenvalue weighted by molar-refractivity contribution is -0.142. The van der Waals surface area contributed by atoms with Crippen LogP contribution in [0.4, 0.5) is 0 Å². The lowest BCUT2D eigenvalue weighted by atomic mass is 10.5. The van der Waals surface area contributed by atoms with Gasteiger partial charge >= 0.3 is 5.97 Å². The van der Waals surface area contributed by atoms with Gasteiger partial charge < -0.3 is 4.74 Å². The molecule has 51 valence electrons. The highest BCUT2D eigenvalue weighted by Gasteiger charge is 1.98. The van der Waals surface area contributed by atoms with Gasteiger partial charge in [-0.2, -0.15) is 0 Å². The third kappa shape index (κ3) is 5.00. The molecule has 0 rings (SSSR count). The smallest absolute Gasteiger partial charge is 0.313 e. The van der Waals surface area contributed by atoms with Crippen LogP contribution in [-0.4, -0.2) is 18.9 Å². The van der Waals surface area contributed by atoms with Crippen molar-refractivity contribution >= 4 is 12.3 Å². The quantitative estimate of drug-likeness (QED) is 0.408. The highest BCUT2D eigenvalue weighted by atomic mass is 16.5. The lowest BCUT2D eigenvalue weighted by Gasteiger charge is -1.96. The Kier molecular flexibility index (Phi) is 4.78. The van der Waals surface area contributed by atoms with E-state index in [2.05, 4.69) is 4.74 Å². The molecule has 0 fully saturated rings. The second kappa shape index (κ2) is 5.28. The first kappa shape index (κ1) is 8.14. The van der Waals surface area contributed by atoms with E-state index in [4.69, 9.17) is 0 Å². The van der Waals surface area contributed by atoms with Gasteiger partial charge in [-0.15, -0.1) is 0 Å². The summed E-state index contributed by atoms with van der Waals surface area (Å²) >= 11 is 0. The van der Waals surface area contributed by atoms with Crippen LogP contribution in [0.1, 0.15) is 19.8 Å². The van der Waals surface area contributed by atoms with Crippen LogP contribution in [0.3, 0.4) is 0 Å². The first-order chi connectivity index (χ1) is 4.31. The molecule has 0 aromatic heterocycles. The number of hydrogen-bond acceptors (Lipinski definition) is 3. The first-order valence-corrected chi connectivity index (χ1v) is 2.82. The zero-order valence-electron chi connectivity index (χ0n) is 5.35. The van der Waals surface area contributed by atoms with Crippen LogP contribution in [0.5, 0.6) is 0 Å². The van der Waals surface area contributed by atoms with E-state index in [1.54, 1.807) is 0 Å². The van der Waals surface area contributed by atoms with Gasteiger partial charge in [0.15, 0.2) is 0 Å². The van der Waals surface area contributed by atoms with E-state index in [9.17, 15) is 9.59 Å². The first-order valence-electron chi connectivity index (χ1n) is 2.82. The van der Waals surface area contributed by atoms with Crippen LogP contribution in [-0.2, 0) is 14.3 Å². The SMILES string of the molecule is CCCOC(=O)C[C]=O. The molecule has 0 aromatic carbocycles. The van der Waals surface area contributed by atoms with Crippen molar-refractivity contribution in [3.8, 4) is 0 Å². The fourth-order valence-corrected chi connectivity index (χ4v) is 0.326. The molecule has 0 aliphatic carbocycles. The van der Waals surface area contributed by atoms with Crippen LogP contribution in [0, 0.1) is 0 Å². The minimum atomic E-state index is -0.494. The summed E-state index contributed by atoms with van der Waals surface area (Å²) in [5, 5.41) is 0. The third-order valence-electron chi connectivity index (χ3n) is 0.684. The average molecular weight is 129 g/mol. The van der Waals surface area contributed by atoms with E-state index >= 15 is 0 Å². The Morgan fingerprint density at radius 3 is 2.78 bits per heavy atom. The Balaban J connectivity index is 3.16. The predicted octanol–water partition coefficient (Wildman–Crippen LogP) is 0.439. The molecule has 0 aromatic rings. The second-order valence-electron chi connectivity index (χ2n) is 1.54. The standard InChI is InChI=1S/C6H9O3/c1-2-5-9-6(8)3-4-7/h2-3,5H2,1H3. The van der Waals surface area contributed by atoms with Crippen molar-refractivity contribution in [3.63, 3.8) is 0 Å². The van der Waals surface area contributed by atoms with Crippen LogP contribution < -0.4 is 0 Å². The van der Waals surface area contributed by atoms with E-state index in [-0.39, 0.29) is 6.42 Å². The van der Waals surface area contributed by atoms with Crippen molar-refractivity contribution in [3.05, 3.63) is 0 Å². The Morgan fingerprint density at radius 1 is 1.67 bits per heavy atom. The van der Waals surface area contributed by atoms with Gasteiger partial charge in [0, 0.05) is 0 Å². The van der Waals surface area contributed by atoms with Crippen molar-refractivity contribution in [2.24, 2.45) is 0 Å². The van der Waals surface area contributed by atoms with E-state index in [0.29, 0.717) is 6.61 Å². The van der Waals surface area contributed by atoms with Crippen molar-refractivity contribution in [1.82, 2.24) is 0 Å². The molecule has 0 aliphatic rings. The molecule has 0 bridgehead atoms. The molecule has 3 nitrogen and oxygen atoms in total. The number of esters is 1. The monoisotopic (exact) mass is 129 g/mol. The summed E-state index contributed by atoms with van der Waals surface area (Å²) in [5.74, 6) is -0.494. The number of ether oxygens (including phenoxy) is 1. The van der Waals surface area contributed by atoms with Crippen LogP contribution in [0.15, 0.2) is 0 Å². The van der Waals surface area contributed by atoms with Gasteiger partial charge in [0.1, 0.15) is 6.42 Å². The van der Waals surface area contributed by atoms with E-state index in [1.807, 2.05) is 6.92 Å². The molecular formula is C6H9O3. The van der Waals surface area contributed by atoms with E-state index in [0.717, 1.165) is 6.42 Å². The van der Waals surface area contributed by atoms with Gasteiger partial charge in [0.2, 0.25) is 6.29 Å². The molecule has 0 spiro atoms. The molecule has 0 unspecified atom stereocenters. The average Bonchev–Trinajstić information content (AvgIpc) is 1.85. The van der Waals surface area contributed by atoms with Gasteiger partial charge in [-0.1, -0.05) is 6.92 Å². The molecular weight excluding hydrogens is 120 g/mol. The minimum absolute atomic E-state index is 0.250. The summed E-state index contributed by atoms with van der Waals surface area (Å²) in [7, 11) is 0. The maximum Gasteiger partial charge on any atom is 0.313 e. The van der Waals surface area contributed by atoms with Crippen LogP contribution in [0.25, 0.3) is 0 Å². The zero-order chi connectivity index (χ0) is 7.11. The maximum atomic E-state index is 10.3. The van der Waals surface area contributed by atoms with E-state index < -0.39 is 5.97 Å². The molecule has 3 heteroatoms. The molecule has 0 atom stereocenters. The van der Waals surface area contributed by atoms with Gasteiger partial charge in [0.25, 0.3) is 0 Å². The van der Waals surface area contributed by atoms with Gasteiger partial charge in [-0.3, -0.25) is 9.59 Å². The molecule has 0 amide bonds. The summed E-state index contributed by atoms with van der Waals surface area (Å²) in [4.78, 5) is 19.9. The van der Waals surface area contributed by atoms with Gasteiger partial charge in [-0.05, 0) is 6.42 Å². The number of carbonyl (C=O) groups is 1. The highest BCUT2D eigenvalue weighted by Crippen LogP contribution is 1.84. The van der Waals surface area contributed by atoms with Crippen LogP contribution in [0.2, 0.25) is 0 Å². The Morgan fingerprint density at radius 2 is 2.33 bits per heavy atom. The fourth-order valence-electron chi connectivity index (χ4n) is 0.326. The zero-order valence-corrected chi connectivity index (χ0v) is 5.35. The Labute approximate surface area is 54.0 Å². The number of carbonyl (C=O) groups excluding carboxylic acids is 2. The van der Waals surface area contributed by atoms with Crippen molar-refractivity contribution in [1.29, 1.82) is 0 Å². The number of rotatable bonds is 4. The van der Waals surface area contributed by atoms with Gasteiger partial charge in [-0.25, -0.2) is 0 Å². The normalized spacial score (nSPS) is 8.56. The third-order valence-corrected chi connectivity index (χ3v) is 0.684. The van der Waals surface area contributed by atoms with Gasteiger partial charge in [0.05, 0.1) is 6.61 Å². The summed E-state index contributed by atoms with van der Waals surface area (Å²) in [5.41, 5.74) is 0. The molecule has 1 radical (unpaired) electrons. The molecule has 0 heterocycles. The van der Waals surface area contributed by atoms with Crippen molar-refractivity contribution < 1.29 is 14.3 Å². The summed E-state index contributed by atoms with van der Waals surface area (Å²) < 4.78 is 4.53. The Bertz CT molecular complexity index is 98.5. The highest BCUT2D eigenvalue weighted by molar-refractivity contribution is 5.83. The fraction of sp³-hybridized carbons (Fsp3) is 0.667. The second-order valence-corrected chi connectivity index (χ2v) is 1.54. The van der Waals surface area contributed by atoms with E-state index in [1.165, 1.54) is 6.29 Å². The van der Waals surface area contributed by atoms with Crippen molar-refractivity contribution in [2.75, 3.05) is 6.61 Å². The predicted molar refractivity (Wildman–Crippen MR) is 31.6 cm³/mol. The molecule has 0 saturated carbocycles. The molecule has 0 N–H and O–H groups in total. The summed E-state index contributed by atoms with van der Waals surface area (Å²) in [6, 6.07) is 0. The van der Waals surface area contributed by atoms with Crippen LogP contribution >= 0.6 is 0 Å². The molecule has 0 saturated heterocycles. The van der Waals surface area contributed by atoms with Crippen molar-refractivity contribution in [2.45, 2.75) is 19.8 Å². The molecule has 9 heavy (non-hydrogen) atoms. The summed E-state index contributed by atoms with van der Waals surface area (Å²) in [6.07, 6.45) is 1.98. The molecule has 0 aliphatic heterocycles. The minimum Gasteiger partial charge on any atom is -0.465 e. The maximum absolute atomic E-state index is 10.3. The largest absolute Gasteiger partial charge is 0.465 e. The summed E-state index contributed by atoms with van der Waals surface area (Å²) in [6.45, 7) is 2.28. The Hall–Kier alpha value is -0.860. The topological polar surface area (TPSA) is 43.4 Å². The number of hydrogen-bond donors (Lipinski definition) is 0. The lowest BCUT2D eigenvalue weighted by Crippen LogP contribution is -2.04.